The summed E-state index contributed by atoms with van der Waals surface area (Å²) in [4.78, 5) is 0. The van der Waals surface area contributed by atoms with Crippen molar-refractivity contribution in [1.82, 2.24) is 0 Å². The Kier molecular flexibility index (Phi) is 2.95. The first kappa shape index (κ1) is 13.1. The van der Waals surface area contributed by atoms with Crippen LogP contribution in [0.4, 0.5) is 0 Å². The van der Waals surface area contributed by atoms with E-state index in [1.807, 2.05) is 26.0 Å². The van der Waals surface area contributed by atoms with Crippen molar-refractivity contribution in [2.45, 2.75) is 57.3 Å². The molecule has 1 aliphatic heterocycles. The molecule has 1 fully saturated rings. The Morgan fingerprint density at radius 2 is 1.79 bits per heavy atom. The third kappa shape index (κ3) is 2.30. The Labute approximate surface area is 119 Å². The molecule has 4 heteroatoms. The molecule has 3 nitrogen and oxygen atoms in total. The van der Waals surface area contributed by atoms with Gasteiger partial charge in [-0.2, -0.15) is 0 Å². The summed E-state index contributed by atoms with van der Waals surface area (Å²) >= 11 is 6.32. The maximum Gasteiger partial charge on any atom is 0.246 e. The lowest BCUT2D eigenvalue weighted by Crippen LogP contribution is -2.38. The van der Waals surface area contributed by atoms with Gasteiger partial charge >= 0.3 is 0 Å². The van der Waals surface area contributed by atoms with Crippen molar-refractivity contribution in [3.8, 4) is 11.5 Å². The molecule has 104 valence electrons. The molecule has 1 heterocycles. The van der Waals surface area contributed by atoms with Gasteiger partial charge < -0.3 is 15.2 Å². The average Bonchev–Trinajstić information content (AvgIpc) is 2.65. The second kappa shape index (κ2) is 4.29. The summed E-state index contributed by atoms with van der Waals surface area (Å²) in [6, 6.07) is 3.94. The van der Waals surface area contributed by atoms with Crippen molar-refractivity contribution >= 4 is 11.6 Å². The summed E-state index contributed by atoms with van der Waals surface area (Å²) in [6.45, 7) is 3.75. The van der Waals surface area contributed by atoms with Crippen molar-refractivity contribution in [3.05, 3.63) is 22.7 Å². The Bertz CT molecular complexity index is 507. The molecule has 3 rings (SSSR count). The van der Waals surface area contributed by atoms with E-state index < -0.39 is 5.79 Å². The quantitative estimate of drug-likeness (QED) is 0.847. The lowest BCUT2D eigenvalue weighted by atomic mass is 9.77. The first-order valence-electron chi connectivity index (χ1n) is 6.91. The standard InChI is InChI=1S/C15H20ClNO2/c1-14(2)18-12-9-10(8-11(16)13(12)19-14)15(17)6-4-3-5-7-15/h8-9H,3-7,17H2,1-2H3. The van der Waals surface area contributed by atoms with Crippen LogP contribution < -0.4 is 15.2 Å². The Morgan fingerprint density at radius 1 is 1.11 bits per heavy atom. The third-order valence-corrected chi connectivity index (χ3v) is 4.31. The van der Waals surface area contributed by atoms with E-state index in [9.17, 15) is 0 Å². The molecule has 1 aromatic rings. The van der Waals surface area contributed by atoms with Crippen LogP contribution in [0.15, 0.2) is 12.1 Å². The van der Waals surface area contributed by atoms with Gasteiger partial charge in [-0.25, -0.2) is 0 Å². The van der Waals surface area contributed by atoms with Crippen LogP contribution >= 0.6 is 11.6 Å². The molecule has 0 spiro atoms. The SMILES string of the molecule is CC1(C)Oc2cc(C3(N)CCCCC3)cc(Cl)c2O1. The summed E-state index contributed by atoms with van der Waals surface area (Å²) < 4.78 is 11.5. The molecule has 0 amide bonds. The van der Waals surface area contributed by atoms with Gasteiger partial charge in [-0.1, -0.05) is 30.9 Å². The van der Waals surface area contributed by atoms with E-state index in [0.717, 1.165) is 18.4 Å². The molecule has 19 heavy (non-hydrogen) atoms. The van der Waals surface area contributed by atoms with Crippen molar-refractivity contribution in [3.63, 3.8) is 0 Å². The normalized spacial score (nSPS) is 23.4. The van der Waals surface area contributed by atoms with E-state index in [0.29, 0.717) is 16.5 Å². The number of halogens is 1. The van der Waals surface area contributed by atoms with E-state index in [4.69, 9.17) is 26.8 Å². The largest absolute Gasteiger partial charge is 0.449 e. The minimum Gasteiger partial charge on any atom is -0.449 e. The van der Waals surface area contributed by atoms with E-state index in [2.05, 4.69) is 0 Å². The highest BCUT2D eigenvalue weighted by Gasteiger charge is 2.37. The molecule has 1 saturated carbocycles. The van der Waals surface area contributed by atoms with Crippen LogP contribution in [0.3, 0.4) is 0 Å². The third-order valence-electron chi connectivity index (χ3n) is 4.03. The van der Waals surface area contributed by atoms with Crippen molar-refractivity contribution in [1.29, 1.82) is 0 Å². The summed E-state index contributed by atoms with van der Waals surface area (Å²) in [5.74, 6) is 0.691. The van der Waals surface area contributed by atoms with E-state index >= 15 is 0 Å². The first-order valence-corrected chi connectivity index (χ1v) is 7.28. The zero-order chi connectivity index (χ0) is 13.7. The van der Waals surface area contributed by atoms with Gasteiger partial charge in [0.2, 0.25) is 5.79 Å². The average molecular weight is 282 g/mol. The van der Waals surface area contributed by atoms with Crippen molar-refractivity contribution < 1.29 is 9.47 Å². The van der Waals surface area contributed by atoms with Gasteiger partial charge in [0.15, 0.2) is 11.5 Å². The fourth-order valence-corrected chi connectivity index (χ4v) is 3.28. The molecule has 0 saturated heterocycles. The van der Waals surface area contributed by atoms with Gasteiger partial charge in [-0.05, 0) is 30.5 Å². The molecule has 1 aromatic carbocycles. The van der Waals surface area contributed by atoms with E-state index in [1.165, 1.54) is 19.3 Å². The van der Waals surface area contributed by atoms with Crippen LogP contribution in [-0.2, 0) is 5.54 Å². The molecule has 1 aliphatic carbocycles. The number of nitrogens with two attached hydrogens (primary N) is 1. The topological polar surface area (TPSA) is 44.5 Å². The second-order valence-electron chi connectivity index (χ2n) is 6.11. The predicted molar refractivity (Wildman–Crippen MR) is 75.7 cm³/mol. The first-order chi connectivity index (χ1) is 8.90. The lowest BCUT2D eigenvalue weighted by molar-refractivity contribution is -0.0431. The van der Waals surface area contributed by atoms with Gasteiger partial charge in [0, 0.05) is 19.4 Å². The van der Waals surface area contributed by atoms with Gasteiger partial charge in [0.25, 0.3) is 0 Å². The minimum absolute atomic E-state index is 0.271. The maximum absolute atomic E-state index is 6.56. The molecule has 0 bridgehead atoms. The van der Waals surface area contributed by atoms with E-state index in [1.54, 1.807) is 0 Å². The summed E-state index contributed by atoms with van der Waals surface area (Å²) in [5, 5.41) is 0.591. The van der Waals surface area contributed by atoms with Crippen LogP contribution in [0, 0.1) is 0 Å². The highest BCUT2D eigenvalue weighted by Crippen LogP contribution is 2.47. The fraction of sp³-hybridized carbons (Fsp3) is 0.600. The molecular weight excluding hydrogens is 262 g/mol. The molecule has 0 unspecified atom stereocenters. The molecule has 0 radical (unpaired) electrons. The highest BCUT2D eigenvalue weighted by atomic mass is 35.5. The summed E-state index contributed by atoms with van der Waals surface area (Å²) in [5.41, 5.74) is 7.35. The molecule has 2 N–H and O–H groups in total. The van der Waals surface area contributed by atoms with Crippen molar-refractivity contribution in [2.75, 3.05) is 0 Å². The summed E-state index contributed by atoms with van der Waals surface area (Å²) in [6.07, 6.45) is 5.63. The zero-order valence-electron chi connectivity index (χ0n) is 11.5. The monoisotopic (exact) mass is 281 g/mol. The zero-order valence-corrected chi connectivity index (χ0v) is 12.2. The number of hydrogen-bond donors (Lipinski definition) is 1. The van der Waals surface area contributed by atoms with Crippen LogP contribution in [0.2, 0.25) is 5.02 Å². The minimum atomic E-state index is -0.654. The van der Waals surface area contributed by atoms with Gasteiger partial charge in [0.1, 0.15) is 0 Å². The second-order valence-corrected chi connectivity index (χ2v) is 6.51. The molecule has 2 aliphatic rings. The van der Waals surface area contributed by atoms with E-state index in [-0.39, 0.29) is 5.54 Å². The Morgan fingerprint density at radius 3 is 2.47 bits per heavy atom. The molecule has 0 atom stereocenters. The molecule has 0 aromatic heterocycles. The van der Waals surface area contributed by atoms with Gasteiger partial charge in [-0.3, -0.25) is 0 Å². The smallest absolute Gasteiger partial charge is 0.246 e. The predicted octanol–water partition coefficient (Wildman–Crippen LogP) is 3.97. The fourth-order valence-electron chi connectivity index (χ4n) is 3.03. The number of rotatable bonds is 1. The van der Waals surface area contributed by atoms with Crippen LogP contribution in [0.5, 0.6) is 11.5 Å². The van der Waals surface area contributed by atoms with Crippen LogP contribution in [0.25, 0.3) is 0 Å². The number of benzene rings is 1. The Balaban J connectivity index is 2.00. The number of hydrogen-bond acceptors (Lipinski definition) is 3. The van der Waals surface area contributed by atoms with Crippen LogP contribution in [0.1, 0.15) is 51.5 Å². The number of ether oxygens (including phenoxy) is 2. The number of fused-ring (bicyclic) bond motifs is 1. The Hall–Kier alpha value is -0.930. The maximum atomic E-state index is 6.56. The van der Waals surface area contributed by atoms with Gasteiger partial charge in [0.05, 0.1) is 5.02 Å². The molecular formula is C15H20ClNO2. The van der Waals surface area contributed by atoms with Gasteiger partial charge in [-0.15, -0.1) is 0 Å². The van der Waals surface area contributed by atoms with Crippen molar-refractivity contribution in [2.24, 2.45) is 5.73 Å². The summed E-state index contributed by atoms with van der Waals surface area (Å²) in [7, 11) is 0. The highest BCUT2D eigenvalue weighted by molar-refractivity contribution is 6.32. The van der Waals surface area contributed by atoms with Crippen LogP contribution in [-0.4, -0.2) is 5.79 Å². The lowest BCUT2D eigenvalue weighted by Gasteiger charge is -2.34.